The Balaban J connectivity index is 2.12. The smallest absolute Gasteiger partial charge is 0.376 e. The van der Waals surface area contributed by atoms with Crippen LogP contribution < -0.4 is 5.43 Å². The van der Waals surface area contributed by atoms with E-state index in [4.69, 9.17) is 5.11 Å². The van der Waals surface area contributed by atoms with Gasteiger partial charge in [0, 0.05) is 36.3 Å². The normalized spacial score (nSPS) is 11.4. The van der Waals surface area contributed by atoms with Gasteiger partial charge in [-0.2, -0.15) is 0 Å². The Morgan fingerprint density at radius 1 is 1.07 bits per heavy atom. The number of pyridine rings is 1. The molecular formula is C20H14N2O7. The zero-order chi connectivity index (χ0) is 21.1. The number of fused-ring (bicyclic) bond motifs is 1. The second kappa shape index (κ2) is 7.77. The monoisotopic (exact) mass is 394 g/mol. The third-order valence-electron chi connectivity index (χ3n) is 4.24. The number of ketones is 1. The van der Waals surface area contributed by atoms with E-state index >= 15 is 0 Å². The van der Waals surface area contributed by atoms with Crippen LogP contribution in [0, 0.1) is 10.1 Å². The zero-order valence-corrected chi connectivity index (χ0v) is 14.8. The standard InChI is InChI=1S/C20H14N2O7/c23-17(9-18(24)20(26)27)15-11-21(16-4-2-1-3-14(16)19(15)25)10-12-5-7-13(8-6-12)22(28)29/h1-9,11,23H,10H2,(H,26,27)/b17-9-. The summed E-state index contributed by atoms with van der Waals surface area (Å²) in [6, 6.07) is 12.4. The van der Waals surface area contributed by atoms with Gasteiger partial charge in [0.05, 0.1) is 16.0 Å². The number of nitro benzene ring substituents is 1. The first-order valence-corrected chi connectivity index (χ1v) is 8.31. The number of aliphatic hydroxyl groups excluding tert-OH is 1. The predicted molar refractivity (Wildman–Crippen MR) is 104 cm³/mol. The maximum Gasteiger partial charge on any atom is 0.376 e. The Hall–Kier alpha value is -4.27. The van der Waals surface area contributed by atoms with Gasteiger partial charge in [0.2, 0.25) is 0 Å². The van der Waals surface area contributed by atoms with Crippen molar-refractivity contribution in [2.45, 2.75) is 6.54 Å². The van der Waals surface area contributed by atoms with Gasteiger partial charge in [-0.1, -0.05) is 24.3 Å². The number of aliphatic hydroxyl groups is 1. The van der Waals surface area contributed by atoms with Crippen LogP contribution in [0.2, 0.25) is 0 Å². The quantitative estimate of drug-likeness (QED) is 0.215. The molecule has 3 rings (SSSR count). The van der Waals surface area contributed by atoms with Crippen LogP contribution in [0.4, 0.5) is 5.69 Å². The SMILES string of the molecule is O=C(O)C(=O)/C=C(\O)c1cn(Cc2ccc([N+](=O)[O-])cc2)c2ccccc2c1=O. The van der Waals surface area contributed by atoms with Crippen molar-refractivity contribution in [3.63, 3.8) is 0 Å². The van der Waals surface area contributed by atoms with E-state index < -0.39 is 27.9 Å². The Bertz CT molecular complexity index is 1220. The summed E-state index contributed by atoms with van der Waals surface area (Å²) in [6.45, 7) is 0.214. The first kappa shape index (κ1) is 19.5. The van der Waals surface area contributed by atoms with E-state index in [1.807, 2.05) is 0 Å². The first-order chi connectivity index (χ1) is 13.8. The first-order valence-electron chi connectivity index (χ1n) is 8.31. The number of para-hydroxylation sites is 1. The second-order valence-corrected chi connectivity index (χ2v) is 6.14. The minimum absolute atomic E-state index is 0.0630. The number of hydrogen-bond donors (Lipinski definition) is 2. The van der Waals surface area contributed by atoms with Crippen molar-refractivity contribution in [1.29, 1.82) is 0 Å². The van der Waals surface area contributed by atoms with Crippen molar-refractivity contribution < 1.29 is 24.7 Å². The molecule has 0 saturated heterocycles. The van der Waals surface area contributed by atoms with E-state index in [2.05, 4.69) is 0 Å². The topological polar surface area (TPSA) is 140 Å². The number of non-ortho nitro benzene ring substituents is 1. The fourth-order valence-corrected chi connectivity index (χ4v) is 2.84. The van der Waals surface area contributed by atoms with Crippen molar-refractivity contribution in [1.82, 2.24) is 4.57 Å². The highest BCUT2D eigenvalue weighted by Gasteiger charge is 2.16. The van der Waals surface area contributed by atoms with Crippen molar-refractivity contribution in [3.8, 4) is 0 Å². The van der Waals surface area contributed by atoms with Gasteiger partial charge < -0.3 is 14.8 Å². The van der Waals surface area contributed by atoms with E-state index in [0.717, 1.165) is 0 Å². The number of nitro groups is 1. The van der Waals surface area contributed by atoms with E-state index in [1.54, 1.807) is 41.0 Å². The lowest BCUT2D eigenvalue weighted by atomic mass is 10.1. The number of carbonyl (C=O) groups is 2. The number of rotatable bonds is 6. The fourth-order valence-electron chi connectivity index (χ4n) is 2.84. The predicted octanol–water partition coefficient (Wildman–Crippen LogP) is 2.51. The molecule has 0 radical (unpaired) electrons. The summed E-state index contributed by atoms with van der Waals surface area (Å²) in [5.41, 5.74) is 0.372. The third kappa shape index (κ3) is 4.03. The molecule has 0 spiro atoms. The van der Waals surface area contributed by atoms with Gasteiger partial charge in [0.25, 0.3) is 11.5 Å². The van der Waals surface area contributed by atoms with Gasteiger partial charge >= 0.3 is 5.97 Å². The summed E-state index contributed by atoms with van der Waals surface area (Å²) in [5, 5.41) is 29.9. The minimum atomic E-state index is -1.76. The number of nitrogens with zero attached hydrogens (tertiary/aromatic N) is 2. The number of hydrogen-bond acceptors (Lipinski definition) is 6. The molecule has 1 aromatic heterocycles. The highest BCUT2D eigenvalue weighted by Crippen LogP contribution is 2.19. The molecule has 0 aliphatic rings. The highest BCUT2D eigenvalue weighted by molar-refractivity contribution is 6.38. The van der Waals surface area contributed by atoms with Crippen LogP contribution >= 0.6 is 0 Å². The number of aromatic nitrogens is 1. The van der Waals surface area contributed by atoms with Crippen LogP contribution in [-0.4, -0.2) is 31.5 Å². The molecular weight excluding hydrogens is 380 g/mol. The molecule has 0 atom stereocenters. The lowest BCUT2D eigenvalue weighted by Gasteiger charge is -2.13. The zero-order valence-electron chi connectivity index (χ0n) is 14.8. The highest BCUT2D eigenvalue weighted by atomic mass is 16.6. The lowest BCUT2D eigenvalue weighted by Crippen LogP contribution is -2.16. The Morgan fingerprint density at radius 3 is 2.34 bits per heavy atom. The van der Waals surface area contributed by atoms with Crippen LogP contribution in [0.25, 0.3) is 16.7 Å². The molecule has 0 saturated carbocycles. The molecule has 9 nitrogen and oxygen atoms in total. The van der Waals surface area contributed by atoms with Gasteiger partial charge in [-0.05, 0) is 17.7 Å². The van der Waals surface area contributed by atoms with Crippen LogP contribution in [0.5, 0.6) is 0 Å². The van der Waals surface area contributed by atoms with E-state index in [0.29, 0.717) is 17.2 Å². The van der Waals surface area contributed by atoms with Crippen LogP contribution in [-0.2, 0) is 16.1 Å². The summed E-state index contributed by atoms with van der Waals surface area (Å²) < 4.78 is 1.63. The molecule has 29 heavy (non-hydrogen) atoms. The molecule has 9 heteroatoms. The molecule has 2 N–H and O–H groups in total. The van der Waals surface area contributed by atoms with E-state index in [9.17, 15) is 29.6 Å². The van der Waals surface area contributed by atoms with E-state index in [1.165, 1.54) is 18.3 Å². The molecule has 2 aromatic carbocycles. The maximum atomic E-state index is 12.7. The van der Waals surface area contributed by atoms with E-state index in [-0.39, 0.29) is 23.2 Å². The number of benzene rings is 2. The van der Waals surface area contributed by atoms with Crippen molar-refractivity contribution >= 4 is 34.1 Å². The van der Waals surface area contributed by atoms with Crippen LogP contribution in [0.3, 0.4) is 0 Å². The molecule has 0 aliphatic carbocycles. The number of aliphatic carboxylic acids is 1. The Labute approximate surface area is 162 Å². The van der Waals surface area contributed by atoms with Gasteiger partial charge in [-0.15, -0.1) is 0 Å². The van der Waals surface area contributed by atoms with Crippen molar-refractivity contribution in [3.05, 3.63) is 92.3 Å². The summed E-state index contributed by atoms with van der Waals surface area (Å²) in [5.74, 6) is -3.88. The van der Waals surface area contributed by atoms with Gasteiger partial charge in [0.1, 0.15) is 5.76 Å². The molecule has 146 valence electrons. The molecule has 0 aliphatic heterocycles. The lowest BCUT2D eigenvalue weighted by molar-refractivity contribution is -0.384. The fraction of sp³-hybridized carbons (Fsp3) is 0.0500. The number of carboxylic acids is 1. The molecule has 1 heterocycles. The Morgan fingerprint density at radius 2 is 1.72 bits per heavy atom. The summed E-state index contributed by atoms with van der Waals surface area (Å²) in [4.78, 5) is 45.1. The van der Waals surface area contributed by atoms with Crippen LogP contribution in [0.15, 0.2) is 65.6 Å². The summed E-state index contributed by atoms with van der Waals surface area (Å²) >= 11 is 0. The average molecular weight is 394 g/mol. The van der Waals surface area contributed by atoms with Crippen LogP contribution in [0.1, 0.15) is 11.1 Å². The minimum Gasteiger partial charge on any atom is -0.507 e. The largest absolute Gasteiger partial charge is 0.507 e. The number of carbonyl (C=O) groups excluding carboxylic acids is 1. The molecule has 0 fully saturated rings. The molecule has 3 aromatic rings. The Kier molecular flexibility index (Phi) is 5.22. The third-order valence-corrected chi connectivity index (χ3v) is 4.24. The van der Waals surface area contributed by atoms with Crippen molar-refractivity contribution in [2.75, 3.05) is 0 Å². The maximum absolute atomic E-state index is 12.7. The summed E-state index contributed by atoms with van der Waals surface area (Å²) in [6.07, 6.45) is 1.79. The van der Waals surface area contributed by atoms with Gasteiger partial charge in [0.15, 0.2) is 5.43 Å². The molecule has 0 bridgehead atoms. The second-order valence-electron chi connectivity index (χ2n) is 6.14. The number of carboxylic acid groups (broad SMARTS) is 1. The summed E-state index contributed by atoms with van der Waals surface area (Å²) in [7, 11) is 0. The molecule has 0 unspecified atom stereocenters. The van der Waals surface area contributed by atoms with Gasteiger partial charge in [-0.25, -0.2) is 4.79 Å². The molecule has 0 amide bonds. The average Bonchev–Trinajstić information content (AvgIpc) is 2.70. The van der Waals surface area contributed by atoms with Crippen molar-refractivity contribution in [2.24, 2.45) is 0 Å². The van der Waals surface area contributed by atoms with Gasteiger partial charge in [-0.3, -0.25) is 19.7 Å².